The van der Waals surface area contributed by atoms with E-state index in [1.807, 2.05) is 43.5 Å². The van der Waals surface area contributed by atoms with E-state index in [-0.39, 0.29) is 6.04 Å². The van der Waals surface area contributed by atoms with Crippen molar-refractivity contribution < 1.29 is 0 Å². The number of hydrazine groups is 1. The zero-order valence-electron chi connectivity index (χ0n) is 11.1. The van der Waals surface area contributed by atoms with Crippen LogP contribution < -0.4 is 11.3 Å². The second-order valence-corrected chi connectivity index (χ2v) is 4.57. The molecule has 0 saturated carbocycles. The molecule has 0 amide bonds. The topological polar surface area (TPSA) is 76.7 Å². The van der Waals surface area contributed by atoms with Crippen LogP contribution in [0.4, 0.5) is 0 Å². The van der Waals surface area contributed by atoms with Gasteiger partial charge in [-0.1, -0.05) is 18.2 Å². The van der Waals surface area contributed by atoms with Gasteiger partial charge in [0.05, 0.1) is 11.7 Å². The number of nitrogens with zero attached hydrogens (tertiary/aromatic N) is 3. The lowest BCUT2D eigenvalue weighted by Gasteiger charge is -2.18. The second kappa shape index (κ2) is 5.32. The maximum atomic E-state index is 5.75. The number of benzene rings is 1. The molecule has 0 aliphatic rings. The van der Waals surface area contributed by atoms with Crippen LogP contribution in [0, 0.1) is 6.92 Å². The summed E-state index contributed by atoms with van der Waals surface area (Å²) in [6.07, 6.45) is 5.37. The Morgan fingerprint density at radius 1 is 1.15 bits per heavy atom. The highest BCUT2D eigenvalue weighted by molar-refractivity contribution is 5.85. The molecule has 1 atom stereocenters. The summed E-state index contributed by atoms with van der Waals surface area (Å²) < 4.78 is 0. The van der Waals surface area contributed by atoms with Gasteiger partial charge in [0.25, 0.3) is 0 Å². The van der Waals surface area contributed by atoms with E-state index in [0.29, 0.717) is 0 Å². The van der Waals surface area contributed by atoms with Crippen molar-refractivity contribution in [1.29, 1.82) is 0 Å². The lowest BCUT2D eigenvalue weighted by Crippen LogP contribution is -2.29. The predicted octanol–water partition coefficient (Wildman–Crippen LogP) is 1.89. The molecule has 1 unspecified atom stereocenters. The summed E-state index contributed by atoms with van der Waals surface area (Å²) in [6.45, 7) is 1.87. The first-order chi connectivity index (χ1) is 9.79. The third-order valence-electron chi connectivity index (χ3n) is 3.29. The Morgan fingerprint density at radius 3 is 2.85 bits per heavy atom. The third kappa shape index (κ3) is 2.24. The van der Waals surface area contributed by atoms with Crippen molar-refractivity contribution in [3.8, 4) is 0 Å². The first kappa shape index (κ1) is 12.7. The first-order valence-electron chi connectivity index (χ1n) is 6.38. The second-order valence-electron chi connectivity index (χ2n) is 4.57. The molecule has 5 heteroatoms. The Hall–Kier alpha value is -2.37. The fourth-order valence-corrected chi connectivity index (χ4v) is 2.37. The Balaban J connectivity index is 2.17. The van der Waals surface area contributed by atoms with Gasteiger partial charge in [0.15, 0.2) is 0 Å². The highest BCUT2D eigenvalue weighted by atomic mass is 15.2. The Kier molecular flexibility index (Phi) is 3.37. The van der Waals surface area contributed by atoms with Crippen molar-refractivity contribution in [2.24, 2.45) is 5.84 Å². The summed E-state index contributed by atoms with van der Waals surface area (Å²) in [4.78, 5) is 12.7. The highest BCUT2D eigenvalue weighted by Crippen LogP contribution is 2.26. The van der Waals surface area contributed by atoms with Crippen LogP contribution in [0.1, 0.15) is 23.1 Å². The molecule has 3 rings (SSSR count). The Morgan fingerprint density at radius 2 is 2.05 bits per heavy atom. The molecule has 1 aromatic carbocycles. The number of nitrogens with one attached hydrogen (secondary N) is 1. The molecule has 20 heavy (non-hydrogen) atoms. The maximum absolute atomic E-state index is 5.75. The minimum atomic E-state index is -0.178. The maximum Gasteiger partial charge on any atom is 0.125 e. The van der Waals surface area contributed by atoms with Crippen molar-refractivity contribution in [3.05, 3.63) is 66.0 Å². The van der Waals surface area contributed by atoms with Crippen molar-refractivity contribution in [1.82, 2.24) is 20.4 Å². The van der Waals surface area contributed by atoms with E-state index in [2.05, 4.69) is 20.4 Å². The molecule has 0 spiro atoms. The Labute approximate surface area is 116 Å². The molecule has 0 radical (unpaired) electrons. The van der Waals surface area contributed by atoms with Gasteiger partial charge in [-0.15, -0.1) is 0 Å². The summed E-state index contributed by atoms with van der Waals surface area (Å²) in [5.74, 6) is 6.48. The number of rotatable bonds is 3. The molecule has 100 valence electrons. The first-order valence-corrected chi connectivity index (χ1v) is 6.38. The number of hydrogen-bond donors (Lipinski definition) is 2. The lowest BCUT2D eigenvalue weighted by molar-refractivity contribution is 0.620. The fraction of sp³-hybridized carbons (Fsp3) is 0.133. The van der Waals surface area contributed by atoms with Crippen molar-refractivity contribution in [2.75, 3.05) is 0 Å². The van der Waals surface area contributed by atoms with E-state index in [4.69, 9.17) is 5.84 Å². The predicted molar refractivity (Wildman–Crippen MR) is 77.7 cm³/mol. The van der Waals surface area contributed by atoms with Crippen LogP contribution in [0.3, 0.4) is 0 Å². The minimum Gasteiger partial charge on any atom is -0.271 e. The SMILES string of the molecule is Cc1nccc(C(NN)c2cccc3cnccc23)n1. The van der Waals surface area contributed by atoms with Crippen molar-refractivity contribution in [2.45, 2.75) is 13.0 Å². The van der Waals surface area contributed by atoms with Crippen LogP contribution in [-0.4, -0.2) is 15.0 Å². The molecule has 2 heterocycles. The van der Waals surface area contributed by atoms with E-state index < -0.39 is 0 Å². The largest absolute Gasteiger partial charge is 0.271 e. The zero-order valence-corrected chi connectivity index (χ0v) is 11.1. The van der Waals surface area contributed by atoms with E-state index in [0.717, 1.165) is 27.9 Å². The van der Waals surface area contributed by atoms with Gasteiger partial charge >= 0.3 is 0 Å². The van der Waals surface area contributed by atoms with Gasteiger partial charge in [-0.25, -0.2) is 15.4 Å². The van der Waals surface area contributed by atoms with Crippen molar-refractivity contribution >= 4 is 10.8 Å². The molecule has 5 nitrogen and oxygen atoms in total. The van der Waals surface area contributed by atoms with Gasteiger partial charge in [0.2, 0.25) is 0 Å². The fourth-order valence-electron chi connectivity index (χ4n) is 2.37. The molecule has 0 aliphatic carbocycles. The molecule has 3 aromatic rings. The average molecular weight is 265 g/mol. The van der Waals surface area contributed by atoms with E-state index >= 15 is 0 Å². The van der Waals surface area contributed by atoms with Crippen molar-refractivity contribution in [3.63, 3.8) is 0 Å². The van der Waals surface area contributed by atoms with Gasteiger partial charge in [-0.3, -0.25) is 10.8 Å². The third-order valence-corrected chi connectivity index (χ3v) is 3.29. The normalized spacial score (nSPS) is 12.5. The van der Waals surface area contributed by atoms with Crippen LogP contribution in [-0.2, 0) is 0 Å². The Bertz CT molecular complexity index is 736. The van der Waals surface area contributed by atoms with Crippen LogP contribution in [0.2, 0.25) is 0 Å². The quantitative estimate of drug-likeness (QED) is 0.558. The molecule has 0 fully saturated rings. The minimum absolute atomic E-state index is 0.178. The van der Waals surface area contributed by atoms with Gasteiger partial charge in [0.1, 0.15) is 5.82 Å². The molecule has 2 aromatic heterocycles. The number of fused-ring (bicyclic) bond motifs is 1. The van der Waals surface area contributed by atoms with E-state index in [1.54, 1.807) is 12.4 Å². The highest BCUT2D eigenvalue weighted by Gasteiger charge is 2.16. The number of aryl methyl sites for hydroxylation is 1. The summed E-state index contributed by atoms with van der Waals surface area (Å²) in [5.41, 5.74) is 4.77. The molecular formula is C15H15N5. The molecule has 3 N–H and O–H groups in total. The van der Waals surface area contributed by atoms with Crippen LogP contribution >= 0.6 is 0 Å². The molecule has 0 saturated heterocycles. The van der Waals surface area contributed by atoms with Gasteiger partial charge < -0.3 is 0 Å². The van der Waals surface area contributed by atoms with Crippen LogP contribution in [0.15, 0.2) is 48.9 Å². The summed E-state index contributed by atoms with van der Waals surface area (Å²) in [7, 11) is 0. The van der Waals surface area contributed by atoms with Crippen LogP contribution in [0.25, 0.3) is 10.8 Å². The standard InChI is InChI=1S/C15H15N5/c1-10-18-8-6-14(19-10)15(20-16)13-4-2-3-11-9-17-7-5-12(11)13/h2-9,15,20H,16H2,1H3. The monoisotopic (exact) mass is 265 g/mol. The summed E-state index contributed by atoms with van der Waals surface area (Å²) >= 11 is 0. The van der Waals surface area contributed by atoms with Crippen LogP contribution in [0.5, 0.6) is 0 Å². The number of hydrogen-bond acceptors (Lipinski definition) is 5. The smallest absolute Gasteiger partial charge is 0.125 e. The van der Waals surface area contributed by atoms with Gasteiger partial charge in [0, 0.05) is 24.0 Å². The summed E-state index contributed by atoms with van der Waals surface area (Å²) in [6, 6.07) is 9.76. The molecule has 0 aliphatic heterocycles. The number of nitrogens with two attached hydrogens (primary N) is 1. The zero-order chi connectivity index (χ0) is 13.9. The van der Waals surface area contributed by atoms with E-state index in [1.165, 1.54) is 0 Å². The number of pyridine rings is 1. The van der Waals surface area contributed by atoms with E-state index in [9.17, 15) is 0 Å². The number of aromatic nitrogens is 3. The lowest BCUT2D eigenvalue weighted by atomic mass is 9.98. The molecular weight excluding hydrogens is 250 g/mol. The average Bonchev–Trinajstić information content (AvgIpc) is 2.48. The summed E-state index contributed by atoms with van der Waals surface area (Å²) in [5, 5.41) is 2.19. The van der Waals surface area contributed by atoms with Gasteiger partial charge in [-0.2, -0.15) is 0 Å². The molecule has 0 bridgehead atoms. The van der Waals surface area contributed by atoms with Gasteiger partial charge in [-0.05, 0) is 30.0 Å².